The van der Waals surface area contributed by atoms with Crippen LogP contribution in [-0.4, -0.2) is 51.1 Å². The van der Waals surface area contributed by atoms with E-state index >= 15 is 0 Å². The molecule has 0 aliphatic rings. The van der Waals surface area contributed by atoms with E-state index in [1.54, 1.807) is 50.9 Å². The minimum absolute atomic E-state index is 0. The van der Waals surface area contributed by atoms with Crippen molar-refractivity contribution in [2.45, 2.75) is 145 Å². The predicted molar refractivity (Wildman–Crippen MR) is 282 cm³/mol. The molecule has 4 aromatic carbocycles. The van der Waals surface area contributed by atoms with Gasteiger partial charge in [-0.3, -0.25) is 9.59 Å². The summed E-state index contributed by atoms with van der Waals surface area (Å²) in [6.45, 7) is 14.0. The molecule has 0 bridgehead atoms. The fraction of sp³-hybridized carbons (Fsp3) is 0.414. The number of carbonyl (C=O) groups excluding carboxylic acids is 2. The summed E-state index contributed by atoms with van der Waals surface area (Å²) >= 11 is -1.68. The molecule has 0 fully saturated rings. The van der Waals surface area contributed by atoms with E-state index in [9.17, 15) is 9.59 Å². The second kappa shape index (κ2) is 44.6. The van der Waals surface area contributed by atoms with Crippen LogP contribution in [0.2, 0.25) is 26.6 Å². The van der Waals surface area contributed by atoms with Crippen molar-refractivity contribution in [1.29, 1.82) is 0 Å². The van der Waals surface area contributed by atoms with E-state index in [2.05, 4.69) is 41.5 Å². The van der Waals surface area contributed by atoms with Crippen LogP contribution in [-0.2, 0) is 30.0 Å². The summed E-state index contributed by atoms with van der Waals surface area (Å²) in [5.74, 6) is -0.0228. The topological polar surface area (TPSA) is 34.1 Å². The maximum atomic E-state index is 11.6. The van der Waals surface area contributed by atoms with E-state index in [-0.39, 0.29) is 32.0 Å². The Labute approximate surface area is 414 Å². The molecule has 0 saturated carbocycles. The molecule has 0 N–H and O–H groups in total. The fourth-order valence-electron chi connectivity index (χ4n) is 6.39. The first-order valence-corrected chi connectivity index (χ1v) is 36.2. The monoisotopic (exact) mass is 1160 g/mol. The average Bonchev–Trinajstić information content (AvgIpc) is 3.33. The molecular formula is C58H82O2PdSn2. The van der Waals surface area contributed by atoms with Crippen LogP contribution in [0.5, 0.6) is 0 Å². The number of unbranched alkanes of at least 4 members (excludes halogenated alkanes) is 6. The molecule has 4 rings (SSSR count). The summed E-state index contributed by atoms with van der Waals surface area (Å²) in [6.07, 6.45) is 31.3. The van der Waals surface area contributed by atoms with Crippen molar-refractivity contribution in [3.63, 3.8) is 0 Å². The third-order valence-corrected chi connectivity index (χ3v) is 28.4. The maximum absolute atomic E-state index is 11.6. The summed E-state index contributed by atoms with van der Waals surface area (Å²) < 4.78 is 10.1. The van der Waals surface area contributed by atoms with Crippen LogP contribution in [0.4, 0.5) is 0 Å². The first kappa shape index (κ1) is 60.4. The second-order valence-corrected chi connectivity index (χ2v) is 33.0. The van der Waals surface area contributed by atoms with Crippen LogP contribution in [0.15, 0.2) is 146 Å². The second-order valence-electron chi connectivity index (χ2n) is 15.9. The molecule has 0 amide bonds. The molecule has 4 aromatic rings. The number of carbonyl (C=O) groups is 2. The molecule has 0 aliphatic carbocycles. The third-order valence-electron chi connectivity index (χ3n) is 10.3. The Bertz CT molecular complexity index is 1470. The largest absolute Gasteiger partial charge is 0.290 e. The van der Waals surface area contributed by atoms with Crippen molar-refractivity contribution >= 4 is 75.4 Å². The van der Waals surface area contributed by atoms with Crippen LogP contribution in [0.1, 0.15) is 141 Å². The van der Waals surface area contributed by atoms with Gasteiger partial charge in [-0.1, -0.05) is 146 Å². The van der Waals surface area contributed by atoms with E-state index in [0.29, 0.717) is 0 Å². The van der Waals surface area contributed by atoms with Gasteiger partial charge in [0.2, 0.25) is 0 Å². The van der Waals surface area contributed by atoms with E-state index in [4.69, 9.17) is 0 Å². The van der Waals surface area contributed by atoms with Crippen LogP contribution < -0.4 is 0 Å². The van der Waals surface area contributed by atoms with Crippen molar-refractivity contribution in [1.82, 2.24) is 0 Å². The van der Waals surface area contributed by atoms with Gasteiger partial charge in [-0.2, -0.15) is 0 Å². The van der Waals surface area contributed by atoms with E-state index < -0.39 is 39.5 Å². The Kier molecular flexibility index (Phi) is 42.8. The summed E-state index contributed by atoms with van der Waals surface area (Å²) in [5, 5.41) is 0. The Morgan fingerprint density at radius 1 is 0.333 bits per heavy atom. The van der Waals surface area contributed by atoms with E-state index in [1.807, 2.05) is 146 Å². The van der Waals surface area contributed by atoms with Crippen LogP contribution in [0, 0.1) is 0 Å². The van der Waals surface area contributed by atoms with Gasteiger partial charge in [-0.15, -0.1) is 0 Å². The van der Waals surface area contributed by atoms with Gasteiger partial charge in [0.1, 0.15) is 0 Å². The standard InChI is InChI=1S/2C17H14O.6C4H9.Pd.2Sn/c2*18-17(13-11-15-7-3-1-4-8-15)14-12-16-9-5-2-6-10-16;6*1-3-4-2;;;/h2*1-14H;6*1,3-4H2,2H3;;;. The van der Waals surface area contributed by atoms with Gasteiger partial charge in [-0.05, 0) is 46.6 Å². The zero-order valence-corrected chi connectivity index (χ0v) is 47.3. The van der Waals surface area contributed by atoms with Gasteiger partial charge in [0.15, 0.2) is 11.6 Å². The molecular weight excluding hydrogens is 1070 g/mol. The SMILES string of the molecule is CCC[CH2][Sn]([CH2]CCC)[CH2]CCC.CCC[CH2][Sn]([CH2]CCC)[CH2]CCC.O=C(C=Cc1ccccc1)C=Cc1ccccc1.O=C(C=Cc1ccccc1)C=Cc1ccccc1.[Pd]. The molecule has 63 heavy (non-hydrogen) atoms. The van der Waals surface area contributed by atoms with Crippen molar-refractivity contribution in [3.8, 4) is 0 Å². The molecule has 0 heterocycles. The quantitative estimate of drug-likeness (QED) is 0.0464. The number of ketones is 2. The van der Waals surface area contributed by atoms with Gasteiger partial charge in [0.05, 0.1) is 0 Å². The molecule has 344 valence electrons. The molecule has 5 heteroatoms. The van der Waals surface area contributed by atoms with Gasteiger partial charge in [0.25, 0.3) is 0 Å². The van der Waals surface area contributed by atoms with Gasteiger partial charge in [-0.25, -0.2) is 0 Å². The first-order chi connectivity index (χ1) is 30.4. The zero-order chi connectivity index (χ0) is 45.1. The summed E-state index contributed by atoms with van der Waals surface area (Å²) in [4.78, 5) is 23.2. The number of hydrogen-bond donors (Lipinski definition) is 0. The summed E-state index contributed by atoms with van der Waals surface area (Å²) in [5.41, 5.74) is 4.11. The normalized spacial score (nSPS) is 10.9. The Morgan fingerprint density at radius 3 is 0.667 bits per heavy atom. The predicted octanol–water partition coefficient (Wildman–Crippen LogP) is 17.7. The number of benzene rings is 4. The minimum atomic E-state index is -0.839. The number of hydrogen-bond acceptors (Lipinski definition) is 2. The fourth-order valence-corrected chi connectivity index (χ4v) is 25.3. The molecule has 0 spiro atoms. The average molecular weight is 1160 g/mol. The molecule has 2 radical (unpaired) electrons. The van der Waals surface area contributed by atoms with Crippen molar-refractivity contribution < 1.29 is 30.0 Å². The zero-order valence-electron chi connectivity index (χ0n) is 40.0. The molecule has 0 atom stereocenters. The van der Waals surface area contributed by atoms with Crippen LogP contribution >= 0.6 is 0 Å². The van der Waals surface area contributed by atoms with E-state index in [1.165, 1.54) is 77.0 Å². The number of rotatable bonds is 26. The maximum Gasteiger partial charge on any atom is 0.178 e. The third kappa shape index (κ3) is 36.4. The Hall–Kier alpha value is -2.56. The smallest absolute Gasteiger partial charge is 0.178 e. The van der Waals surface area contributed by atoms with Crippen LogP contribution in [0.25, 0.3) is 24.3 Å². The molecule has 0 saturated heterocycles. The van der Waals surface area contributed by atoms with Crippen molar-refractivity contribution in [3.05, 3.63) is 168 Å². The summed E-state index contributed by atoms with van der Waals surface area (Å²) in [7, 11) is 0. The van der Waals surface area contributed by atoms with Gasteiger partial charge < -0.3 is 0 Å². The molecule has 0 aromatic heterocycles. The Morgan fingerprint density at radius 2 is 0.508 bits per heavy atom. The first-order valence-electron chi connectivity index (χ1n) is 24.1. The summed E-state index contributed by atoms with van der Waals surface area (Å²) in [6, 6.07) is 39.1. The number of allylic oxidation sites excluding steroid dienone is 4. The molecule has 2 nitrogen and oxygen atoms in total. The van der Waals surface area contributed by atoms with Crippen molar-refractivity contribution in [2.24, 2.45) is 0 Å². The molecule has 0 unspecified atom stereocenters. The minimum Gasteiger partial charge on any atom is -0.290 e. The Balaban J connectivity index is 0.000000821. The van der Waals surface area contributed by atoms with E-state index in [0.717, 1.165) is 22.3 Å². The van der Waals surface area contributed by atoms with Crippen LogP contribution in [0.3, 0.4) is 0 Å². The van der Waals surface area contributed by atoms with Gasteiger partial charge >= 0.3 is 185 Å². The van der Waals surface area contributed by atoms with Crippen molar-refractivity contribution in [2.75, 3.05) is 0 Å². The molecule has 0 aliphatic heterocycles. The van der Waals surface area contributed by atoms with Gasteiger partial charge in [0, 0.05) is 20.4 Å².